The third-order valence-corrected chi connectivity index (χ3v) is 4.46. The highest BCUT2D eigenvalue weighted by Crippen LogP contribution is 2.32. The Morgan fingerprint density at radius 3 is 2.85 bits per heavy atom. The maximum Gasteiger partial charge on any atom is 0.268 e. The summed E-state index contributed by atoms with van der Waals surface area (Å²) >= 11 is 0. The van der Waals surface area contributed by atoms with Crippen LogP contribution in [0.4, 0.5) is 0 Å². The largest absolute Gasteiger partial charge is 0.350 e. The molecule has 0 fully saturated rings. The third kappa shape index (κ3) is 3.09. The molecule has 1 aliphatic heterocycles. The number of carbonyl (C=O) groups excluding carboxylic acids is 2. The highest BCUT2D eigenvalue weighted by molar-refractivity contribution is 6.10. The number of amides is 2. The molecule has 3 heterocycles. The quantitative estimate of drug-likeness (QED) is 0.637. The smallest absolute Gasteiger partial charge is 0.268 e. The first-order chi connectivity index (χ1) is 12.7. The van der Waals surface area contributed by atoms with Crippen LogP contribution in [0.3, 0.4) is 0 Å². The predicted octanol–water partition coefficient (Wildman–Crippen LogP) is 2.40. The van der Waals surface area contributed by atoms with Gasteiger partial charge in [0.1, 0.15) is 5.69 Å². The molecule has 3 N–H and O–H groups in total. The molecule has 130 valence electrons. The molecule has 6 nitrogen and oxygen atoms in total. The van der Waals surface area contributed by atoms with Gasteiger partial charge in [-0.05, 0) is 35.8 Å². The summed E-state index contributed by atoms with van der Waals surface area (Å²) in [4.78, 5) is 31.9. The second-order valence-electron chi connectivity index (χ2n) is 6.17. The number of pyridine rings is 1. The molecule has 2 amide bonds. The zero-order valence-corrected chi connectivity index (χ0v) is 14.1. The first-order valence-electron chi connectivity index (χ1n) is 8.49. The van der Waals surface area contributed by atoms with E-state index in [1.54, 1.807) is 18.5 Å². The monoisotopic (exact) mass is 346 g/mol. The molecule has 0 atom stereocenters. The number of carbonyl (C=O) groups is 2. The van der Waals surface area contributed by atoms with E-state index in [-0.39, 0.29) is 11.8 Å². The molecule has 6 heteroatoms. The van der Waals surface area contributed by atoms with Gasteiger partial charge in [0.05, 0.1) is 0 Å². The summed E-state index contributed by atoms with van der Waals surface area (Å²) in [6, 6.07) is 11.5. The number of aromatic amines is 1. The zero-order valence-electron chi connectivity index (χ0n) is 14.1. The molecule has 0 spiro atoms. The number of nitrogens with one attached hydrogen (secondary N) is 3. The van der Waals surface area contributed by atoms with Gasteiger partial charge in [0.25, 0.3) is 5.91 Å². The molecule has 0 radical (unpaired) electrons. The van der Waals surface area contributed by atoms with Crippen molar-refractivity contribution in [3.8, 4) is 0 Å². The van der Waals surface area contributed by atoms with E-state index in [2.05, 4.69) is 20.6 Å². The molecule has 26 heavy (non-hydrogen) atoms. The van der Waals surface area contributed by atoms with Crippen LogP contribution in [-0.2, 0) is 11.3 Å². The van der Waals surface area contributed by atoms with Gasteiger partial charge in [-0.15, -0.1) is 0 Å². The summed E-state index contributed by atoms with van der Waals surface area (Å²) in [5.74, 6) is -0.320. The Morgan fingerprint density at radius 1 is 1.19 bits per heavy atom. The molecule has 4 rings (SSSR count). The number of hydrogen-bond donors (Lipinski definition) is 3. The third-order valence-electron chi connectivity index (χ3n) is 4.46. The van der Waals surface area contributed by atoms with Crippen LogP contribution in [0.25, 0.3) is 16.5 Å². The normalized spacial score (nSPS) is 15.4. The van der Waals surface area contributed by atoms with E-state index in [1.165, 1.54) is 0 Å². The van der Waals surface area contributed by atoms with Gasteiger partial charge in [-0.2, -0.15) is 0 Å². The molecule has 0 saturated carbocycles. The Bertz CT molecular complexity index is 1010. The minimum atomic E-state index is -0.178. The first-order valence-corrected chi connectivity index (χ1v) is 8.49. The van der Waals surface area contributed by atoms with E-state index in [9.17, 15) is 9.59 Å². The van der Waals surface area contributed by atoms with Crippen molar-refractivity contribution in [1.82, 2.24) is 20.6 Å². The van der Waals surface area contributed by atoms with E-state index in [1.807, 2.05) is 36.4 Å². The van der Waals surface area contributed by atoms with Crippen LogP contribution in [0.1, 0.15) is 28.0 Å². The van der Waals surface area contributed by atoms with Gasteiger partial charge >= 0.3 is 0 Å². The fourth-order valence-electron chi connectivity index (χ4n) is 3.21. The van der Waals surface area contributed by atoms with E-state index >= 15 is 0 Å². The minimum Gasteiger partial charge on any atom is -0.350 e. The van der Waals surface area contributed by atoms with Crippen molar-refractivity contribution in [2.75, 3.05) is 6.54 Å². The standard InChI is InChI=1S/C20H18N4O2/c25-17(23-12-13-5-8-21-9-6-13)11-14-7-10-22-20(26)19-18(14)15-3-1-2-4-16(15)24-19/h1-6,8-9,11,24H,7,10,12H2,(H,22,26)(H,23,25)/b14-11-. The molecule has 0 aliphatic carbocycles. The number of fused-ring (bicyclic) bond motifs is 3. The average molecular weight is 346 g/mol. The molecule has 1 aliphatic rings. The lowest BCUT2D eigenvalue weighted by Gasteiger charge is -2.06. The van der Waals surface area contributed by atoms with Crippen LogP contribution in [0.2, 0.25) is 0 Å². The van der Waals surface area contributed by atoms with Gasteiger partial charge < -0.3 is 15.6 Å². The molecular weight excluding hydrogens is 328 g/mol. The molecule has 3 aromatic rings. The molecule has 0 bridgehead atoms. The van der Waals surface area contributed by atoms with Crippen LogP contribution in [0.15, 0.2) is 54.9 Å². The van der Waals surface area contributed by atoms with Gasteiger partial charge in [-0.3, -0.25) is 14.6 Å². The van der Waals surface area contributed by atoms with Crippen LogP contribution in [-0.4, -0.2) is 28.3 Å². The van der Waals surface area contributed by atoms with Crippen molar-refractivity contribution >= 4 is 28.3 Å². The maximum absolute atomic E-state index is 12.4. The lowest BCUT2D eigenvalue weighted by atomic mass is 9.99. The fraction of sp³-hybridized carbons (Fsp3) is 0.150. The van der Waals surface area contributed by atoms with Crippen molar-refractivity contribution in [2.45, 2.75) is 13.0 Å². The number of H-pyrrole nitrogens is 1. The van der Waals surface area contributed by atoms with Crippen LogP contribution in [0, 0.1) is 0 Å². The van der Waals surface area contributed by atoms with Crippen molar-refractivity contribution in [3.05, 3.63) is 71.7 Å². The summed E-state index contributed by atoms with van der Waals surface area (Å²) in [5, 5.41) is 6.71. The Labute approximate surface area is 150 Å². The molecule has 1 aromatic carbocycles. The molecule has 2 aromatic heterocycles. The summed E-state index contributed by atoms with van der Waals surface area (Å²) in [6.07, 6.45) is 5.59. The van der Waals surface area contributed by atoms with Crippen LogP contribution in [0.5, 0.6) is 0 Å². The van der Waals surface area contributed by atoms with E-state index in [4.69, 9.17) is 0 Å². The number of nitrogens with zero attached hydrogens (tertiary/aromatic N) is 1. The zero-order chi connectivity index (χ0) is 17.9. The van der Waals surface area contributed by atoms with Crippen molar-refractivity contribution in [1.29, 1.82) is 0 Å². The number of aromatic nitrogens is 2. The molecule has 0 saturated heterocycles. The highest BCUT2D eigenvalue weighted by Gasteiger charge is 2.23. The van der Waals surface area contributed by atoms with Gasteiger partial charge in [0.15, 0.2) is 0 Å². The molecule has 0 unspecified atom stereocenters. The maximum atomic E-state index is 12.4. The summed E-state index contributed by atoms with van der Waals surface area (Å²) in [5.41, 5.74) is 4.05. The Kier molecular flexibility index (Phi) is 4.23. The van der Waals surface area contributed by atoms with Crippen molar-refractivity contribution < 1.29 is 9.59 Å². The van der Waals surface area contributed by atoms with Gasteiger partial charge in [0.2, 0.25) is 5.91 Å². The second-order valence-corrected chi connectivity index (χ2v) is 6.17. The second kappa shape index (κ2) is 6.84. The topological polar surface area (TPSA) is 86.9 Å². The van der Waals surface area contributed by atoms with E-state index in [0.29, 0.717) is 25.2 Å². The summed E-state index contributed by atoms with van der Waals surface area (Å²) in [6.45, 7) is 0.933. The Balaban J connectivity index is 1.65. The van der Waals surface area contributed by atoms with E-state index < -0.39 is 0 Å². The van der Waals surface area contributed by atoms with Gasteiger partial charge in [-0.25, -0.2) is 0 Å². The summed E-state index contributed by atoms with van der Waals surface area (Å²) in [7, 11) is 0. The van der Waals surface area contributed by atoms with E-state index in [0.717, 1.165) is 27.6 Å². The minimum absolute atomic E-state index is 0.142. The molecular formula is C20H18N4O2. The fourth-order valence-corrected chi connectivity index (χ4v) is 3.21. The van der Waals surface area contributed by atoms with Crippen LogP contribution >= 0.6 is 0 Å². The Hall–Kier alpha value is -3.41. The first kappa shape index (κ1) is 16.1. The highest BCUT2D eigenvalue weighted by atomic mass is 16.2. The Morgan fingerprint density at radius 2 is 2.00 bits per heavy atom. The lowest BCUT2D eigenvalue weighted by molar-refractivity contribution is -0.116. The number of benzene rings is 1. The SMILES string of the molecule is O=C(/C=C1/CCNC(=O)c2[nH]c3ccccc3c21)NCc1ccncc1. The average Bonchev–Trinajstić information content (AvgIpc) is 2.99. The number of rotatable bonds is 3. The van der Waals surface area contributed by atoms with Crippen molar-refractivity contribution in [3.63, 3.8) is 0 Å². The summed E-state index contributed by atoms with van der Waals surface area (Å²) < 4.78 is 0. The van der Waals surface area contributed by atoms with Gasteiger partial charge in [0, 0.05) is 48.0 Å². The lowest BCUT2D eigenvalue weighted by Crippen LogP contribution is -2.23. The number of hydrogen-bond acceptors (Lipinski definition) is 3. The van der Waals surface area contributed by atoms with Gasteiger partial charge in [-0.1, -0.05) is 18.2 Å². The van der Waals surface area contributed by atoms with Crippen LogP contribution < -0.4 is 10.6 Å². The van der Waals surface area contributed by atoms with Crippen molar-refractivity contribution in [2.24, 2.45) is 0 Å². The predicted molar refractivity (Wildman–Crippen MR) is 99.3 cm³/mol. The number of para-hydroxylation sites is 1.